The molecule has 2 aliphatic rings. The summed E-state index contributed by atoms with van der Waals surface area (Å²) in [7, 11) is 0. The maximum atomic E-state index is 13.1. The number of amides is 1. The van der Waals surface area contributed by atoms with Gasteiger partial charge in [0.2, 0.25) is 0 Å². The maximum absolute atomic E-state index is 13.1. The van der Waals surface area contributed by atoms with Crippen LogP contribution in [-0.4, -0.2) is 21.7 Å². The molecule has 0 saturated carbocycles. The number of fused-ring (bicyclic) bond motifs is 7. The first-order valence-electron chi connectivity index (χ1n) is 8.64. The Bertz CT molecular complexity index is 854. The summed E-state index contributed by atoms with van der Waals surface area (Å²) in [6.45, 7) is 7.62. The number of hydrogen-bond acceptors (Lipinski definition) is 3. The van der Waals surface area contributed by atoms with Crippen LogP contribution in [0.3, 0.4) is 0 Å². The van der Waals surface area contributed by atoms with E-state index in [-0.39, 0.29) is 0 Å². The molecule has 2 aromatic carbocycles. The molecule has 0 aliphatic carbocycles. The van der Waals surface area contributed by atoms with Gasteiger partial charge in [0.15, 0.2) is 0 Å². The molecule has 1 N–H and O–H groups in total. The molecule has 130 valence electrons. The van der Waals surface area contributed by atoms with Crippen LogP contribution in [-0.2, 0) is 10.3 Å². The zero-order valence-corrected chi connectivity index (χ0v) is 15.0. The van der Waals surface area contributed by atoms with Crippen molar-refractivity contribution in [1.82, 2.24) is 4.90 Å². The SMILES string of the molecule is CC(C)(C)OC(=O)N1C2c3ccccc3C1(C)c1ccccc1C2O. The second kappa shape index (κ2) is 5.09. The molecular formula is C21H23NO3. The zero-order chi connectivity index (χ0) is 18.0. The van der Waals surface area contributed by atoms with Crippen molar-refractivity contribution in [2.45, 2.75) is 51.0 Å². The molecule has 25 heavy (non-hydrogen) atoms. The topological polar surface area (TPSA) is 49.8 Å². The van der Waals surface area contributed by atoms with E-state index in [1.54, 1.807) is 4.90 Å². The fraction of sp³-hybridized carbons (Fsp3) is 0.381. The molecule has 2 heterocycles. The van der Waals surface area contributed by atoms with Crippen molar-refractivity contribution in [3.8, 4) is 0 Å². The highest BCUT2D eigenvalue weighted by atomic mass is 16.6. The minimum atomic E-state index is -0.777. The van der Waals surface area contributed by atoms with E-state index < -0.39 is 29.4 Å². The fourth-order valence-electron chi connectivity index (χ4n) is 4.31. The van der Waals surface area contributed by atoms with Gasteiger partial charge in [-0.25, -0.2) is 4.79 Å². The molecule has 3 atom stereocenters. The van der Waals surface area contributed by atoms with Gasteiger partial charge in [0.25, 0.3) is 0 Å². The lowest BCUT2D eigenvalue weighted by atomic mass is 9.80. The Hall–Kier alpha value is -2.33. The largest absolute Gasteiger partial charge is 0.444 e. The van der Waals surface area contributed by atoms with Crippen LogP contribution in [0.5, 0.6) is 0 Å². The predicted molar refractivity (Wildman–Crippen MR) is 95.1 cm³/mol. The van der Waals surface area contributed by atoms with Crippen LogP contribution in [0.1, 0.15) is 62.1 Å². The van der Waals surface area contributed by atoms with Gasteiger partial charge >= 0.3 is 6.09 Å². The molecule has 3 unspecified atom stereocenters. The number of nitrogens with zero attached hydrogens (tertiary/aromatic N) is 1. The maximum Gasteiger partial charge on any atom is 0.411 e. The summed E-state index contributed by atoms with van der Waals surface area (Å²) < 4.78 is 5.69. The molecule has 4 heteroatoms. The first kappa shape index (κ1) is 16.2. The molecule has 0 radical (unpaired) electrons. The van der Waals surface area contributed by atoms with E-state index in [1.807, 2.05) is 76.2 Å². The first-order chi connectivity index (χ1) is 11.7. The molecule has 0 aromatic heterocycles. The molecule has 2 aliphatic heterocycles. The highest BCUT2D eigenvalue weighted by Crippen LogP contribution is 2.59. The van der Waals surface area contributed by atoms with E-state index in [0.717, 1.165) is 22.3 Å². The second-order valence-corrected chi connectivity index (χ2v) is 7.99. The molecule has 4 rings (SSSR count). The van der Waals surface area contributed by atoms with E-state index >= 15 is 0 Å². The van der Waals surface area contributed by atoms with Crippen LogP contribution in [0, 0.1) is 0 Å². The number of carbonyl (C=O) groups is 1. The van der Waals surface area contributed by atoms with E-state index in [9.17, 15) is 9.90 Å². The summed E-state index contributed by atoms with van der Waals surface area (Å²) in [5.41, 5.74) is 2.62. The molecule has 1 amide bonds. The van der Waals surface area contributed by atoms with Crippen LogP contribution in [0.25, 0.3) is 0 Å². The predicted octanol–water partition coefficient (Wildman–Crippen LogP) is 4.29. The second-order valence-electron chi connectivity index (χ2n) is 7.99. The third-order valence-electron chi connectivity index (χ3n) is 5.26. The number of aliphatic hydroxyl groups is 1. The number of benzene rings is 2. The number of rotatable bonds is 0. The number of hydrogen-bond donors (Lipinski definition) is 1. The Morgan fingerprint density at radius 2 is 1.56 bits per heavy atom. The zero-order valence-electron chi connectivity index (χ0n) is 15.0. The first-order valence-corrected chi connectivity index (χ1v) is 8.64. The monoisotopic (exact) mass is 337 g/mol. The smallest absolute Gasteiger partial charge is 0.411 e. The Morgan fingerprint density at radius 3 is 2.16 bits per heavy atom. The number of ether oxygens (including phenoxy) is 1. The Morgan fingerprint density at radius 1 is 1.04 bits per heavy atom. The van der Waals surface area contributed by atoms with Gasteiger partial charge in [-0.3, -0.25) is 4.90 Å². The summed E-state index contributed by atoms with van der Waals surface area (Å²) in [5.74, 6) is 0. The number of aliphatic hydroxyl groups excluding tert-OH is 1. The molecule has 0 fully saturated rings. The lowest BCUT2D eigenvalue weighted by molar-refractivity contribution is -0.0353. The van der Waals surface area contributed by atoms with Crippen molar-refractivity contribution in [2.24, 2.45) is 0 Å². The molecule has 4 nitrogen and oxygen atoms in total. The van der Waals surface area contributed by atoms with E-state index in [0.29, 0.717) is 0 Å². The van der Waals surface area contributed by atoms with Gasteiger partial charge in [0.05, 0.1) is 11.6 Å². The van der Waals surface area contributed by atoms with Gasteiger partial charge < -0.3 is 9.84 Å². The van der Waals surface area contributed by atoms with E-state index in [1.165, 1.54) is 0 Å². The van der Waals surface area contributed by atoms with E-state index in [2.05, 4.69) is 0 Å². The molecule has 0 spiro atoms. The molecule has 2 bridgehead atoms. The van der Waals surface area contributed by atoms with Gasteiger partial charge in [-0.05, 0) is 49.9 Å². The normalized spacial score (nSPS) is 26.8. The van der Waals surface area contributed by atoms with E-state index in [4.69, 9.17) is 4.74 Å². The number of carbonyl (C=O) groups excluding carboxylic acids is 1. The Balaban J connectivity index is 1.96. The lowest BCUT2D eigenvalue weighted by Gasteiger charge is -2.46. The average Bonchev–Trinajstić information content (AvgIpc) is 2.79. The van der Waals surface area contributed by atoms with Crippen molar-refractivity contribution in [2.75, 3.05) is 0 Å². The summed E-state index contributed by atoms with van der Waals surface area (Å²) in [6.07, 6.45) is -1.18. The molecular weight excluding hydrogens is 314 g/mol. The minimum absolute atomic E-state index is 0.398. The molecule has 0 saturated heterocycles. The highest BCUT2D eigenvalue weighted by Gasteiger charge is 2.58. The Labute approximate surface area is 148 Å². The van der Waals surface area contributed by atoms with Crippen LogP contribution in [0.2, 0.25) is 0 Å². The van der Waals surface area contributed by atoms with Crippen molar-refractivity contribution < 1.29 is 14.6 Å². The van der Waals surface area contributed by atoms with Crippen LogP contribution >= 0.6 is 0 Å². The van der Waals surface area contributed by atoms with Gasteiger partial charge in [-0.1, -0.05) is 48.5 Å². The standard InChI is InChI=1S/C21H23NO3/c1-20(2,3)25-19(24)22-17-13-9-5-7-11-15(13)21(22,4)16-12-8-6-10-14(16)18(17)23/h5-12,17-18,23H,1-4H3. The van der Waals surface area contributed by atoms with Gasteiger partial charge in [-0.15, -0.1) is 0 Å². The van der Waals surface area contributed by atoms with Crippen molar-refractivity contribution in [1.29, 1.82) is 0 Å². The van der Waals surface area contributed by atoms with Crippen LogP contribution in [0.15, 0.2) is 48.5 Å². The summed E-state index contributed by atoms with van der Waals surface area (Å²) >= 11 is 0. The van der Waals surface area contributed by atoms with Crippen LogP contribution < -0.4 is 0 Å². The lowest BCUT2D eigenvalue weighted by Crippen LogP contribution is -2.51. The van der Waals surface area contributed by atoms with Gasteiger partial charge in [0, 0.05) is 0 Å². The third kappa shape index (κ3) is 2.13. The van der Waals surface area contributed by atoms with Crippen molar-refractivity contribution >= 4 is 6.09 Å². The molecule has 2 aromatic rings. The summed E-state index contributed by atoms with van der Waals surface area (Å²) in [6, 6.07) is 15.4. The quantitative estimate of drug-likeness (QED) is 0.780. The minimum Gasteiger partial charge on any atom is -0.444 e. The fourth-order valence-corrected chi connectivity index (χ4v) is 4.31. The van der Waals surface area contributed by atoms with Gasteiger partial charge in [-0.2, -0.15) is 0 Å². The third-order valence-corrected chi connectivity index (χ3v) is 5.26. The summed E-state index contributed by atoms with van der Waals surface area (Å²) in [4.78, 5) is 14.8. The average molecular weight is 337 g/mol. The van der Waals surface area contributed by atoms with Crippen molar-refractivity contribution in [3.63, 3.8) is 0 Å². The van der Waals surface area contributed by atoms with Crippen molar-refractivity contribution in [3.05, 3.63) is 70.8 Å². The highest BCUT2D eigenvalue weighted by molar-refractivity contribution is 5.75. The van der Waals surface area contributed by atoms with Crippen LogP contribution in [0.4, 0.5) is 4.79 Å². The van der Waals surface area contributed by atoms with Gasteiger partial charge in [0.1, 0.15) is 11.7 Å². The Kier molecular flexibility index (Phi) is 3.29. The summed E-state index contributed by atoms with van der Waals surface area (Å²) in [5, 5.41) is 11.1.